The summed E-state index contributed by atoms with van der Waals surface area (Å²) in [5.74, 6) is -1.43. The van der Waals surface area contributed by atoms with Gasteiger partial charge in [-0.1, -0.05) is 11.8 Å². The number of halogens is 7. The molecule has 1 N–H and O–H groups in total. The minimum atomic E-state index is -4.36. The zero-order valence-corrected chi connectivity index (χ0v) is 19.2. The van der Waals surface area contributed by atoms with Gasteiger partial charge in [0.15, 0.2) is 5.60 Å². The van der Waals surface area contributed by atoms with Gasteiger partial charge in [0.05, 0.1) is 17.8 Å². The summed E-state index contributed by atoms with van der Waals surface area (Å²) >= 11 is 0.844. The van der Waals surface area contributed by atoms with Crippen molar-refractivity contribution in [3.05, 3.63) is 93.2 Å². The van der Waals surface area contributed by atoms with Crippen LogP contribution in [-0.2, 0) is 24.5 Å². The molecule has 3 aromatic heterocycles. The predicted octanol–water partition coefficient (Wildman–Crippen LogP) is 4.59. The van der Waals surface area contributed by atoms with Gasteiger partial charge in [-0.25, -0.2) is 13.5 Å². The lowest BCUT2D eigenvalue weighted by Crippen LogP contribution is -2.48. The van der Waals surface area contributed by atoms with Gasteiger partial charge < -0.3 is 5.11 Å². The average Bonchev–Trinajstić information content (AvgIpc) is 3.48. The fourth-order valence-electron chi connectivity index (χ4n) is 3.40. The van der Waals surface area contributed by atoms with E-state index in [2.05, 4.69) is 32.4 Å². The molecule has 6 nitrogen and oxygen atoms in total. The fourth-order valence-corrected chi connectivity index (χ4v) is 4.30. The maximum atomic E-state index is 15.7. The van der Waals surface area contributed by atoms with Gasteiger partial charge in [0.25, 0.3) is 0 Å². The smallest absolute Gasteiger partial charge is 0.377 e. The molecule has 0 bridgehead atoms. The Morgan fingerprint density at radius 2 is 1.76 bits per heavy atom. The molecule has 14 heteroatoms. The first-order chi connectivity index (χ1) is 17.4. The number of aliphatic hydroxyl groups is 1. The minimum absolute atomic E-state index is 0.0693. The van der Waals surface area contributed by atoms with E-state index in [0.717, 1.165) is 46.7 Å². The van der Waals surface area contributed by atoms with Gasteiger partial charge in [-0.3, -0.25) is 4.98 Å². The quantitative estimate of drug-likeness (QED) is 0.286. The number of hydrogen-bond acceptors (Lipinski definition) is 6. The lowest BCUT2D eigenvalue weighted by atomic mass is 9.84. The molecule has 4 aromatic rings. The number of alkyl halides is 5. The van der Waals surface area contributed by atoms with E-state index in [1.54, 1.807) is 0 Å². The third kappa shape index (κ3) is 5.78. The number of rotatable bonds is 6. The Bertz CT molecular complexity index is 1440. The Morgan fingerprint density at radius 3 is 2.38 bits per heavy atom. The summed E-state index contributed by atoms with van der Waals surface area (Å²) in [4.78, 5) is 4.07. The predicted molar refractivity (Wildman–Crippen MR) is 116 cm³/mol. The summed E-state index contributed by atoms with van der Waals surface area (Å²) in [5, 5.41) is 21.2. The van der Waals surface area contributed by atoms with Crippen LogP contribution in [0.25, 0.3) is 0 Å². The van der Waals surface area contributed by atoms with Crippen LogP contribution in [0.2, 0.25) is 0 Å². The average molecular weight is 541 g/mol. The van der Waals surface area contributed by atoms with E-state index in [4.69, 9.17) is 0 Å². The molecule has 1 aromatic carbocycles. The van der Waals surface area contributed by atoms with E-state index >= 15 is 8.78 Å². The van der Waals surface area contributed by atoms with E-state index in [1.807, 2.05) is 0 Å². The summed E-state index contributed by atoms with van der Waals surface area (Å²) in [7, 11) is 0. The molecular weight excluding hydrogens is 527 g/mol. The van der Waals surface area contributed by atoms with Crippen LogP contribution in [0.1, 0.15) is 26.6 Å². The Labute approximate surface area is 208 Å². The molecule has 0 saturated heterocycles. The number of aromatic nitrogens is 5. The van der Waals surface area contributed by atoms with Crippen LogP contribution in [0.4, 0.5) is 30.7 Å². The van der Waals surface area contributed by atoms with Crippen LogP contribution in [0, 0.1) is 23.5 Å². The van der Waals surface area contributed by atoms with Crippen molar-refractivity contribution < 1.29 is 35.8 Å². The standard InChI is InChI=1S/C23H14F7N5OS/c24-15-3-7-18(19(25)9-15)21(36,12-35-13-32-33-34-35)23(29,30)20-8-2-14(11-31-20)1-4-16-5-6-17(37-16)10-22(26,27)28/h2-3,5-9,11,13,36H,10,12H2. The van der Waals surface area contributed by atoms with Gasteiger partial charge >= 0.3 is 12.1 Å². The second-order valence-electron chi connectivity index (χ2n) is 7.81. The zero-order valence-electron chi connectivity index (χ0n) is 18.3. The van der Waals surface area contributed by atoms with E-state index in [1.165, 1.54) is 12.1 Å². The van der Waals surface area contributed by atoms with E-state index < -0.39 is 53.6 Å². The zero-order chi connectivity index (χ0) is 26.8. The molecule has 0 saturated carbocycles. The molecule has 0 amide bonds. The Hall–Kier alpha value is -3.83. The van der Waals surface area contributed by atoms with Crippen LogP contribution < -0.4 is 0 Å². The highest BCUT2D eigenvalue weighted by molar-refractivity contribution is 7.12. The van der Waals surface area contributed by atoms with Crippen molar-refractivity contribution in [3.63, 3.8) is 0 Å². The van der Waals surface area contributed by atoms with Gasteiger partial charge in [-0.15, -0.1) is 16.4 Å². The highest BCUT2D eigenvalue weighted by atomic mass is 32.1. The molecule has 0 aliphatic rings. The van der Waals surface area contributed by atoms with Crippen molar-refractivity contribution >= 4 is 11.3 Å². The second kappa shape index (κ2) is 9.91. The minimum Gasteiger partial charge on any atom is -0.377 e. The van der Waals surface area contributed by atoms with Gasteiger partial charge in [0.2, 0.25) is 0 Å². The summed E-state index contributed by atoms with van der Waals surface area (Å²) in [6.45, 7) is -1.00. The van der Waals surface area contributed by atoms with Crippen LogP contribution >= 0.6 is 11.3 Å². The molecular formula is C23H14F7N5OS. The number of pyridine rings is 1. The third-order valence-electron chi connectivity index (χ3n) is 5.13. The lowest BCUT2D eigenvalue weighted by molar-refractivity contribution is -0.207. The molecule has 1 unspecified atom stereocenters. The molecule has 192 valence electrons. The number of tetrazole rings is 1. The van der Waals surface area contributed by atoms with E-state index in [0.29, 0.717) is 17.0 Å². The molecule has 1 atom stereocenters. The first-order valence-electron chi connectivity index (χ1n) is 10.3. The lowest BCUT2D eigenvalue weighted by Gasteiger charge is -2.35. The monoisotopic (exact) mass is 541 g/mol. The Morgan fingerprint density at radius 1 is 0.973 bits per heavy atom. The maximum absolute atomic E-state index is 15.7. The normalized spacial score (nSPS) is 13.6. The molecule has 0 radical (unpaired) electrons. The third-order valence-corrected chi connectivity index (χ3v) is 6.13. The summed E-state index contributed by atoms with van der Waals surface area (Å²) in [6, 6.07) is 6.49. The summed E-state index contributed by atoms with van der Waals surface area (Å²) < 4.78 is 97.7. The first-order valence-corrected chi connectivity index (χ1v) is 11.1. The number of thiophene rings is 1. The molecule has 0 aliphatic carbocycles. The van der Waals surface area contributed by atoms with Crippen molar-refractivity contribution in [3.8, 4) is 11.8 Å². The van der Waals surface area contributed by atoms with Crippen molar-refractivity contribution in [2.75, 3.05) is 0 Å². The molecule has 0 aliphatic heterocycles. The van der Waals surface area contributed by atoms with Crippen molar-refractivity contribution in [2.45, 2.75) is 30.7 Å². The van der Waals surface area contributed by atoms with Gasteiger partial charge in [0.1, 0.15) is 23.7 Å². The molecule has 37 heavy (non-hydrogen) atoms. The largest absolute Gasteiger partial charge is 0.393 e. The number of hydrogen-bond donors (Lipinski definition) is 1. The SMILES string of the molecule is OC(Cn1cnnn1)(c1ccc(F)cc1F)C(F)(F)c1ccc(C#Cc2ccc(CC(F)(F)F)s2)cn1. The molecule has 0 spiro atoms. The van der Waals surface area contributed by atoms with Crippen LogP contribution in [0.3, 0.4) is 0 Å². The maximum Gasteiger partial charge on any atom is 0.393 e. The highest BCUT2D eigenvalue weighted by Gasteiger charge is 2.58. The van der Waals surface area contributed by atoms with Gasteiger partial charge in [-0.05, 0) is 46.8 Å². The summed E-state index contributed by atoms with van der Waals surface area (Å²) in [6.07, 6.45) is -3.55. The Kier molecular flexibility index (Phi) is 7.03. The Balaban J connectivity index is 1.64. The van der Waals surface area contributed by atoms with Crippen LogP contribution in [0.15, 0.2) is 55.0 Å². The first kappa shape index (κ1) is 26.2. The molecule has 0 fully saturated rings. The van der Waals surface area contributed by atoms with Crippen molar-refractivity contribution in [1.82, 2.24) is 25.2 Å². The molecule has 3 heterocycles. The van der Waals surface area contributed by atoms with Crippen molar-refractivity contribution in [2.24, 2.45) is 0 Å². The highest BCUT2D eigenvalue weighted by Crippen LogP contribution is 2.46. The second-order valence-corrected chi connectivity index (χ2v) is 8.97. The number of nitrogens with zero attached hydrogens (tertiary/aromatic N) is 5. The topological polar surface area (TPSA) is 76.7 Å². The van der Waals surface area contributed by atoms with Gasteiger partial charge in [0, 0.05) is 28.3 Å². The van der Waals surface area contributed by atoms with E-state index in [-0.39, 0.29) is 10.4 Å². The van der Waals surface area contributed by atoms with Crippen LogP contribution in [0.5, 0.6) is 0 Å². The van der Waals surface area contributed by atoms with Crippen molar-refractivity contribution in [1.29, 1.82) is 0 Å². The summed E-state index contributed by atoms with van der Waals surface area (Å²) in [5.41, 5.74) is -5.00. The van der Waals surface area contributed by atoms with Gasteiger partial charge in [-0.2, -0.15) is 22.0 Å². The van der Waals surface area contributed by atoms with Crippen LogP contribution in [-0.4, -0.2) is 36.5 Å². The number of benzene rings is 1. The fraction of sp³-hybridized carbons (Fsp3) is 0.217. The molecule has 4 rings (SSSR count). The van der Waals surface area contributed by atoms with E-state index in [9.17, 15) is 27.1 Å².